The lowest BCUT2D eigenvalue weighted by molar-refractivity contribution is -0.130. The molecular formula is C15H23N3O3S. The van der Waals surface area contributed by atoms with Crippen molar-refractivity contribution in [2.75, 3.05) is 53.0 Å². The molecule has 7 heteroatoms. The lowest BCUT2D eigenvalue weighted by atomic mass is 10.3. The van der Waals surface area contributed by atoms with E-state index in [0.717, 1.165) is 12.0 Å². The summed E-state index contributed by atoms with van der Waals surface area (Å²) in [6, 6.07) is 1.85. The number of methoxy groups -OCH3 is 1. The molecule has 2 heterocycles. The van der Waals surface area contributed by atoms with Gasteiger partial charge in [-0.3, -0.25) is 9.59 Å². The molecule has 1 aromatic heterocycles. The topological polar surface area (TPSA) is 61.9 Å². The van der Waals surface area contributed by atoms with E-state index < -0.39 is 0 Å². The first-order valence-corrected chi connectivity index (χ1v) is 8.45. The first kappa shape index (κ1) is 16.9. The fourth-order valence-corrected chi connectivity index (χ4v) is 3.05. The highest BCUT2D eigenvalue weighted by molar-refractivity contribution is 7.08. The maximum Gasteiger partial charge on any atom is 0.254 e. The van der Waals surface area contributed by atoms with Crippen LogP contribution < -0.4 is 5.32 Å². The van der Waals surface area contributed by atoms with E-state index in [4.69, 9.17) is 4.74 Å². The standard InChI is InChI=1S/C15H23N3O3S/c1-21-9-4-16-11-14(19)17-5-2-6-18(8-7-17)15(20)13-3-10-22-12-13/h3,10,12,16H,2,4-9,11H2,1H3. The second-order valence-corrected chi connectivity index (χ2v) is 5.99. The van der Waals surface area contributed by atoms with Crippen LogP contribution in [0.1, 0.15) is 16.8 Å². The quantitative estimate of drug-likeness (QED) is 0.781. The van der Waals surface area contributed by atoms with Crippen LogP contribution in [-0.4, -0.2) is 74.6 Å². The van der Waals surface area contributed by atoms with E-state index >= 15 is 0 Å². The molecule has 1 fully saturated rings. The fourth-order valence-electron chi connectivity index (χ4n) is 2.42. The minimum Gasteiger partial charge on any atom is -0.383 e. The Morgan fingerprint density at radius 3 is 2.77 bits per heavy atom. The molecule has 0 aliphatic carbocycles. The van der Waals surface area contributed by atoms with Gasteiger partial charge in [0.1, 0.15) is 0 Å². The maximum atomic E-state index is 12.3. The Balaban J connectivity index is 1.79. The summed E-state index contributed by atoms with van der Waals surface area (Å²) in [5.41, 5.74) is 0.742. The van der Waals surface area contributed by atoms with Gasteiger partial charge in [-0.05, 0) is 17.9 Å². The van der Waals surface area contributed by atoms with Gasteiger partial charge in [-0.15, -0.1) is 0 Å². The number of rotatable bonds is 6. The zero-order valence-electron chi connectivity index (χ0n) is 12.9. The summed E-state index contributed by atoms with van der Waals surface area (Å²) in [5, 5.41) is 6.84. The number of amides is 2. The summed E-state index contributed by atoms with van der Waals surface area (Å²) in [6.07, 6.45) is 0.819. The molecule has 2 amide bonds. The van der Waals surface area contributed by atoms with Crippen LogP contribution in [0.15, 0.2) is 16.8 Å². The van der Waals surface area contributed by atoms with Crippen molar-refractivity contribution in [2.45, 2.75) is 6.42 Å². The number of hydrogen-bond acceptors (Lipinski definition) is 5. The van der Waals surface area contributed by atoms with E-state index in [1.54, 1.807) is 7.11 Å². The van der Waals surface area contributed by atoms with Gasteiger partial charge in [0.05, 0.1) is 18.7 Å². The summed E-state index contributed by atoms with van der Waals surface area (Å²) in [7, 11) is 1.64. The molecule has 6 nitrogen and oxygen atoms in total. The van der Waals surface area contributed by atoms with Crippen molar-refractivity contribution in [2.24, 2.45) is 0 Å². The van der Waals surface area contributed by atoms with Gasteiger partial charge in [-0.1, -0.05) is 0 Å². The first-order chi connectivity index (χ1) is 10.7. The number of ether oxygens (including phenoxy) is 1. The Morgan fingerprint density at radius 1 is 1.27 bits per heavy atom. The molecule has 2 rings (SSSR count). The Kier molecular flexibility index (Phi) is 6.82. The van der Waals surface area contributed by atoms with Crippen LogP contribution in [0.4, 0.5) is 0 Å². The van der Waals surface area contributed by atoms with Gasteiger partial charge < -0.3 is 19.9 Å². The van der Waals surface area contributed by atoms with Crippen molar-refractivity contribution < 1.29 is 14.3 Å². The van der Waals surface area contributed by atoms with Gasteiger partial charge in [0.2, 0.25) is 5.91 Å². The molecular weight excluding hydrogens is 302 g/mol. The van der Waals surface area contributed by atoms with Crippen molar-refractivity contribution in [3.05, 3.63) is 22.4 Å². The predicted octanol–water partition coefficient (Wildman–Crippen LogP) is 0.659. The normalized spacial score (nSPS) is 15.7. The van der Waals surface area contributed by atoms with E-state index in [2.05, 4.69) is 5.32 Å². The number of nitrogens with one attached hydrogen (secondary N) is 1. The molecule has 0 bridgehead atoms. The van der Waals surface area contributed by atoms with E-state index in [0.29, 0.717) is 45.9 Å². The molecule has 122 valence electrons. The van der Waals surface area contributed by atoms with Gasteiger partial charge in [0.15, 0.2) is 0 Å². The van der Waals surface area contributed by atoms with Crippen LogP contribution in [0, 0.1) is 0 Å². The largest absolute Gasteiger partial charge is 0.383 e. The highest BCUT2D eigenvalue weighted by atomic mass is 32.1. The van der Waals surface area contributed by atoms with Crippen LogP contribution >= 0.6 is 11.3 Å². The monoisotopic (exact) mass is 325 g/mol. The highest BCUT2D eigenvalue weighted by Crippen LogP contribution is 2.12. The molecule has 1 aliphatic rings. The smallest absolute Gasteiger partial charge is 0.254 e. The van der Waals surface area contributed by atoms with Crippen LogP contribution in [0.5, 0.6) is 0 Å². The second kappa shape index (κ2) is 8.87. The SMILES string of the molecule is COCCNCC(=O)N1CCCN(C(=O)c2ccsc2)CC1. The molecule has 1 saturated heterocycles. The van der Waals surface area contributed by atoms with Gasteiger partial charge >= 0.3 is 0 Å². The molecule has 22 heavy (non-hydrogen) atoms. The Bertz CT molecular complexity index is 478. The van der Waals surface area contributed by atoms with Crippen molar-refractivity contribution in [3.8, 4) is 0 Å². The van der Waals surface area contributed by atoms with Crippen molar-refractivity contribution in [1.29, 1.82) is 0 Å². The van der Waals surface area contributed by atoms with Crippen LogP contribution in [0.2, 0.25) is 0 Å². The van der Waals surface area contributed by atoms with E-state index in [-0.39, 0.29) is 11.8 Å². The average molecular weight is 325 g/mol. The van der Waals surface area contributed by atoms with Crippen LogP contribution in [0.3, 0.4) is 0 Å². The molecule has 0 aromatic carbocycles. The van der Waals surface area contributed by atoms with Crippen molar-refractivity contribution in [1.82, 2.24) is 15.1 Å². The number of hydrogen-bond donors (Lipinski definition) is 1. The van der Waals surface area contributed by atoms with E-state index in [1.807, 2.05) is 26.6 Å². The number of nitrogens with zero attached hydrogens (tertiary/aromatic N) is 2. The van der Waals surface area contributed by atoms with Gasteiger partial charge in [-0.25, -0.2) is 0 Å². The molecule has 0 radical (unpaired) electrons. The third-order valence-electron chi connectivity index (χ3n) is 3.66. The predicted molar refractivity (Wildman–Crippen MR) is 86.2 cm³/mol. The third kappa shape index (κ3) is 4.79. The summed E-state index contributed by atoms with van der Waals surface area (Å²) >= 11 is 1.53. The van der Waals surface area contributed by atoms with E-state index in [9.17, 15) is 9.59 Å². The van der Waals surface area contributed by atoms with Gasteiger partial charge in [0.25, 0.3) is 5.91 Å². The van der Waals surface area contributed by atoms with E-state index in [1.165, 1.54) is 11.3 Å². The summed E-state index contributed by atoms with van der Waals surface area (Å²) in [6.45, 7) is 4.18. The molecule has 0 atom stereocenters. The molecule has 1 aromatic rings. The summed E-state index contributed by atoms with van der Waals surface area (Å²) < 4.78 is 4.93. The lowest BCUT2D eigenvalue weighted by Gasteiger charge is -2.22. The van der Waals surface area contributed by atoms with Gasteiger partial charge in [0, 0.05) is 45.2 Å². The fraction of sp³-hybridized carbons (Fsp3) is 0.600. The minimum atomic E-state index is 0.0637. The molecule has 0 saturated carbocycles. The van der Waals surface area contributed by atoms with Gasteiger partial charge in [-0.2, -0.15) is 11.3 Å². The molecule has 0 unspecified atom stereocenters. The molecule has 1 N–H and O–H groups in total. The minimum absolute atomic E-state index is 0.0637. The zero-order chi connectivity index (χ0) is 15.8. The Hall–Kier alpha value is -1.44. The number of thiophene rings is 1. The van der Waals surface area contributed by atoms with Crippen LogP contribution in [-0.2, 0) is 9.53 Å². The summed E-state index contributed by atoms with van der Waals surface area (Å²) in [4.78, 5) is 28.2. The summed E-state index contributed by atoms with van der Waals surface area (Å²) in [5.74, 6) is 0.148. The average Bonchev–Trinajstić information content (AvgIpc) is 2.95. The zero-order valence-corrected chi connectivity index (χ0v) is 13.7. The lowest BCUT2D eigenvalue weighted by Crippen LogP contribution is -2.41. The number of carbonyl (C=O) groups excluding carboxylic acids is 2. The van der Waals surface area contributed by atoms with Crippen molar-refractivity contribution >= 4 is 23.2 Å². The Morgan fingerprint density at radius 2 is 2.05 bits per heavy atom. The second-order valence-electron chi connectivity index (χ2n) is 5.21. The number of carbonyl (C=O) groups is 2. The first-order valence-electron chi connectivity index (χ1n) is 7.51. The maximum absolute atomic E-state index is 12.3. The van der Waals surface area contributed by atoms with Crippen LogP contribution in [0.25, 0.3) is 0 Å². The van der Waals surface area contributed by atoms with Crippen molar-refractivity contribution in [3.63, 3.8) is 0 Å². The molecule has 1 aliphatic heterocycles. The molecule has 0 spiro atoms. The highest BCUT2D eigenvalue weighted by Gasteiger charge is 2.22. The Labute approximate surface area is 135 Å². The third-order valence-corrected chi connectivity index (χ3v) is 4.35.